The Kier molecular flexibility index (Phi) is 22.2. The Labute approximate surface area is 442 Å². The standard InChI is InChI=1S/C49H88O20S5/c1-60-39-12-31-22-71(52,53)24-33-15-44(65-6)35(16-43(33)64-5)26-73(56,57)28-37-19-48(69-10)49(20-47(37)68-9)74(58,59)29-38-18-45(66-7)36(17-46(38)67-8)27-72(54,55)25-34-14-41(62-3)32(13-42(34)63-4)23-70(50,51)21-30(39)11-40(31)61-2/h30-49H,11-29H2,1-10H3/t30-,31-,32-,33-,34-,35-,36+,37-,38+,39?,40?,41?,42?,43?,44?,45?,46?,47?,48?,49+/m1/s1. The van der Waals surface area contributed by atoms with Crippen LogP contribution in [0.15, 0.2) is 0 Å². The molecule has 434 valence electrons. The van der Waals surface area contributed by atoms with Crippen LogP contribution >= 0.6 is 0 Å². The van der Waals surface area contributed by atoms with E-state index in [1.165, 1.54) is 71.1 Å². The zero-order chi connectivity index (χ0) is 54.6. The van der Waals surface area contributed by atoms with Crippen molar-refractivity contribution < 1.29 is 89.5 Å². The van der Waals surface area contributed by atoms with Crippen LogP contribution in [0.3, 0.4) is 0 Å². The summed E-state index contributed by atoms with van der Waals surface area (Å²) in [6, 6.07) is 0. The second-order valence-electron chi connectivity index (χ2n) is 22.6. The molecule has 13 fully saturated rings. The van der Waals surface area contributed by atoms with Crippen molar-refractivity contribution in [2.75, 3.05) is 123 Å². The van der Waals surface area contributed by atoms with Gasteiger partial charge in [-0.05, 0) is 64.2 Å². The van der Waals surface area contributed by atoms with Gasteiger partial charge in [0, 0.05) is 124 Å². The zero-order valence-corrected chi connectivity index (χ0v) is 49.3. The van der Waals surface area contributed by atoms with Gasteiger partial charge < -0.3 is 47.4 Å². The third-order valence-electron chi connectivity index (χ3n) is 18.1. The molecule has 0 spiro atoms. The predicted molar refractivity (Wildman–Crippen MR) is 278 cm³/mol. The van der Waals surface area contributed by atoms with Crippen LogP contribution in [0.25, 0.3) is 0 Å². The number of sulfone groups is 5. The Morgan fingerprint density at radius 1 is 0.216 bits per heavy atom. The molecule has 0 aromatic rings. The third kappa shape index (κ3) is 15.6. The summed E-state index contributed by atoms with van der Waals surface area (Å²) in [5.74, 6) is -7.09. The molecule has 20 nitrogen and oxygen atoms in total. The number of hydrogen-bond donors (Lipinski definition) is 0. The number of methoxy groups -OCH3 is 10. The number of fused-ring (bicyclic) bond motifs is 2. The van der Waals surface area contributed by atoms with Crippen molar-refractivity contribution in [3.8, 4) is 0 Å². The average molecular weight is 1160 g/mol. The van der Waals surface area contributed by atoms with Crippen molar-refractivity contribution >= 4 is 49.2 Å². The van der Waals surface area contributed by atoms with E-state index in [1.54, 1.807) is 0 Å². The van der Waals surface area contributed by atoms with E-state index < -0.39 is 169 Å². The minimum atomic E-state index is -3.97. The third-order valence-corrected chi connectivity index (χ3v) is 27.9. The summed E-state index contributed by atoms with van der Waals surface area (Å²) in [5, 5.41) is -1.03. The lowest BCUT2D eigenvalue weighted by atomic mass is 9.79. The highest BCUT2D eigenvalue weighted by Gasteiger charge is 2.51. The molecule has 0 aromatic carbocycles. The van der Waals surface area contributed by atoms with Gasteiger partial charge in [0.05, 0.1) is 118 Å². The fraction of sp³-hybridized carbons (Fsp3) is 1.00. The van der Waals surface area contributed by atoms with Crippen molar-refractivity contribution in [3.63, 3.8) is 0 Å². The summed E-state index contributed by atoms with van der Waals surface area (Å²) in [4.78, 5) is 0. The van der Waals surface area contributed by atoms with Crippen LogP contribution in [0.2, 0.25) is 0 Å². The van der Waals surface area contributed by atoms with Gasteiger partial charge in [0.25, 0.3) is 0 Å². The van der Waals surface area contributed by atoms with E-state index in [0.29, 0.717) is 0 Å². The normalized spacial score (nSPS) is 44.1. The molecule has 20 atom stereocenters. The quantitative estimate of drug-likeness (QED) is 0.303. The fourth-order valence-electron chi connectivity index (χ4n) is 14.4. The number of ether oxygens (including phenoxy) is 10. The molecule has 5 saturated carbocycles. The highest BCUT2D eigenvalue weighted by molar-refractivity contribution is 7.92. The van der Waals surface area contributed by atoms with Crippen molar-refractivity contribution in [1.29, 1.82) is 0 Å². The van der Waals surface area contributed by atoms with Gasteiger partial charge in [-0.2, -0.15) is 0 Å². The Balaban J connectivity index is 1.30. The molecule has 0 N–H and O–H groups in total. The molecule has 0 aromatic heterocycles. The maximum absolute atomic E-state index is 14.6. The molecule has 5 aliphatic carbocycles. The largest absolute Gasteiger partial charge is 0.381 e. The molecule has 13 rings (SSSR count). The summed E-state index contributed by atoms with van der Waals surface area (Å²) >= 11 is 0. The summed E-state index contributed by atoms with van der Waals surface area (Å²) < 4.78 is 202. The van der Waals surface area contributed by atoms with Crippen LogP contribution in [0.1, 0.15) is 64.2 Å². The van der Waals surface area contributed by atoms with Gasteiger partial charge in [0.15, 0.2) is 49.2 Å². The second kappa shape index (κ2) is 26.3. The second-order valence-corrected chi connectivity index (χ2v) is 33.5. The first-order chi connectivity index (χ1) is 34.8. The van der Waals surface area contributed by atoms with Crippen LogP contribution in [-0.4, -0.2) is 231 Å². The molecular formula is C49H88O20S5. The molecule has 8 aliphatic heterocycles. The number of rotatable bonds is 10. The van der Waals surface area contributed by atoms with E-state index in [-0.39, 0.29) is 116 Å². The summed E-state index contributed by atoms with van der Waals surface area (Å²) in [7, 11) is -4.48. The van der Waals surface area contributed by atoms with Gasteiger partial charge in [-0.25, -0.2) is 42.1 Å². The lowest BCUT2D eigenvalue weighted by Gasteiger charge is -2.43. The smallest absolute Gasteiger partial charge is 0.156 e. The Morgan fingerprint density at radius 3 is 0.541 bits per heavy atom. The highest BCUT2D eigenvalue weighted by atomic mass is 32.2. The molecule has 8 heterocycles. The first-order valence-electron chi connectivity index (χ1n) is 26.1. The highest BCUT2D eigenvalue weighted by Crippen LogP contribution is 2.43. The van der Waals surface area contributed by atoms with Gasteiger partial charge in [-0.3, -0.25) is 0 Å². The van der Waals surface area contributed by atoms with Crippen molar-refractivity contribution in [1.82, 2.24) is 0 Å². The molecule has 0 amide bonds. The topological polar surface area (TPSA) is 263 Å². The summed E-state index contributed by atoms with van der Waals surface area (Å²) in [6.45, 7) is 0. The minimum absolute atomic E-state index is 0.00862. The maximum Gasteiger partial charge on any atom is 0.156 e. The van der Waals surface area contributed by atoms with E-state index in [9.17, 15) is 42.1 Å². The lowest BCUT2D eigenvalue weighted by molar-refractivity contribution is -0.0587. The first kappa shape index (κ1) is 62.5. The predicted octanol–water partition coefficient (Wildman–Crippen LogP) is 2.11. The summed E-state index contributed by atoms with van der Waals surface area (Å²) in [6.07, 6.45) is -4.40. The Hall–Kier alpha value is -0.650. The summed E-state index contributed by atoms with van der Waals surface area (Å²) in [5.41, 5.74) is 0. The molecule has 0 radical (unpaired) electrons. The van der Waals surface area contributed by atoms with E-state index in [4.69, 9.17) is 47.4 Å². The monoisotopic (exact) mass is 1160 g/mol. The van der Waals surface area contributed by atoms with Crippen LogP contribution in [0.4, 0.5) is 0 Å². The van der Waals surface area contributed by atoms with Crippen LogP contribution in [0.5, 0.6) is 0 Å². The fourth-order valence-corrected chi connectivity index (χ4v) is 25.4. The van der Waals surface area contributed by atoms with E-state index >= 15 is 0 Å². The van der Waals surface area contributed by atoms with Crippen molar-refractivity contribution in [3.05, 3.63) is 0 Å². The van der Waals surface area contributed by atoms with Crippen LogP contribution in [0, 0.1) is 53.3 Å². The van der Waals surface area contributed by atoms with Crippen LogP contribution in [-0.2, 0) is 96.6 Å². The minimum Gasteiger partial charge on any atom is -0.381 e. The molecule has 10 bridgehead atoms. The van der Waals surface area contributed by atoms with Crippen LogP contribution < -0.4 is 0 Å². The van der Waals surface area contributed by atoms with E-state index in [1.807, 2.05) is 0 Å². The van der Waals surface area contributed by atoms with Crippen molar-refractivity contribution in [2.45, 2.75) is 130 Å². The van der Waals surface area contributed by atoms with Gasteiger partial charge >= 0.3 is 0 Å². The molecule has 25 heteroatoms. The van der Waals surface area contributed by atoms with Gasteiger partial charge in [-0.1, -0.05) is 0 Å². The maximum atomic E-state index is 14.6. The Morgan fingerprint density at radius 2 is 0.365 bits per heavy atom. The molecule has 10 unspecified atom stereocenters. The van der Waals surface area contributed by atoms with Crippen molar-refractivity contribution in [2.24, 2.45) is 53.3 Å². The first-order valence-corrected chi connectivity index (χ1v) is 35.1. The molecule has 8 saturated heterocycles. The van der Waals surface area contributed by atoms with E-state index in [2.05, 4.69) is 0 Å². The number of hydrogen-bond acceptors (Lipinski definition) is 20. The molecular weight excluding hydrogens is 1070 g/mol. The Bertz CT molecular complexity index is 2370. The average Bonchev–Trinajstić information content (AvgIpc) is 3.33. The van der Waals surface area contributed by atoms with Gasteiger partial charge in [0.2, 0.25) is 0 Å². The lowest BCUT2D eigenvalue weighted by Crippen LogP contribution is -2.52. The van der Waals surface area contributed by atoms with E-state index in [0.717, 1.165) is 0 Å². The molecule has 13 aliphatic rings. The van der Waals surface area contributed by atoms with Gasteiger partial charge in [-0.15, -0.1) is 0 Å². The molecule has 74 heavy (non-hydrogen) atoms. The van der Waals surface area contributed by atoms with Gasteiger partial charge in [0.1, 0.15) is 0 Å². The SMILES string of the molecule is COC1C[C@@H]2CS(=O)(=O)C[C@H]3CC(OC)[C@H](CC3OC)CS(=O)(=O)C[C@@H]3CC(OC)[C@@H](CC3OC)CS(=O)(=O)[C@H]3CC(OC)[C@H](CC3OC)CS(=O)(=O)C[C@H]3CC(OC)[C@H](CC3OC)CS(=O)(=O)C[C@H]1CC2OC. The zero-order valence-electron chi connectivity index (χ0n) is 45.2.